The van der Waals surface area contributed by atoms with Gasteiger partial charge in [0.25, 0.3) is 5.89 Å². The fourth-order valence-electron chi connectivity index (χ4n) is 1.68. The molecule has 0 saturated heterocycles. The van der Waals surface area contributed by atoms with E-state index in [0.29, 0.717) is 11.7 Å². The lowest BCUT2D eigenvalue weighted by molar-refractivity contribution is 0.411. The number of methoxy groups -OCH3 is 1. The molecular weight excluding hydrogens is 230 g/mol. The molecule has 0 aliphatic rings. The quantitative estimate of drug-likeness (QED) is 0.878. The highest BCUT2D eigenvalue weighted by Crippen LogP contribution is 2.22. The molecule has 0 saturated carbocycles. The van der Waals surface area contributed by atoms with E-state index in [4.69, 9.17) is 15.0 Å². The summed E-state index contributed by atoms with van der Waals surface area (Å²) in [4.78, 5) is 4.31. The van der Waals surface area contributed by atoms with Crippen LogP contribution in [0.1, 0.15) is 31.6 Å². The lowest BCUT2D eigenvalue weighted by Gasteiger charge is -2.02. The van der Waals surface area contributed by atoms with Crippen LogP contribution in [-0.4, -0.2) is 17.3 Å². The zero-order valence-corrected chi connectivity index (χ0v) is 10.6. The van der Waals surface area contributed by atoms with Crippen molar-refractivity contribution in [2.24, 2.45) is 5.73 Å². The van der Waals surface area contributed by atoms with Crippen molar-refractivity contribution >= 4 is 0 Å². The maximum Gasteiger partial charge on any atom is 0.257 e. The number of hydrogen-bond donors (Lipinski definition) is 1. The maximum absolute atomic E-state index is 5.94. The van der Waals surface area contributed by atoms with Gasteiger partial charge in [-0.15, -0.1) is 0 Å². The molecule has 0 aliphatic carbocycles. The standard InChI is InChI=1S/C13H17N3O2/c1-3-4-11(14)12-15-13(18-16-12)9-5-7-10(17-2)8-6-9/h5-8,11H,3-4,14H2,1-2H3. The van der Waals surface area contributed by atoms with Crippen LogP contribution in [0.15, 0.2) is 28.8 Å². The smallest absolute Gasteiger partial charge is 0.257 e. The van der Waals surface area contributed by atoms with Gasteiger partial charge in [0.2, 0.25) is 0 Å². The molecule has 0 amide bonds. The summed E-state index contributed by atoms with van der Waals surface area (Å²) in [5, 5.41) is 3.91. The van der Waals surface area contributed by atoms with Crippen molar-refractivity contribution in [1.82, 2.24) is 10.1 Å². The van der Waals surface area contributed by atoms with Crippen LogP contribution in [0, 0.1) is 0 Å². The van der Waals surface area contributed by atoms with Crippen LogP contribution in [0.4, 0.5) is 0 Å². The first-order valence-electron chi connectivity index (χ1n) is 5.98. The van der Waals surface area contributed by atoms with Crippen molar-refractivity contribution in [2.75, 3.05) is 7.11 Å². The minimum absolute atomic E-state index is 0.161. The van der Waals surface area contributed by atoms with Gasteiger partial charge in [-0.05, 0) is 30.7 Å². The van der Waals surface area contributed by atoms with Gasteiger partial charge in [0.05, 0.1) is 13.2 Å². The Morgan fingerprint density at radius 3 is 2.67 bits per heavy atom. The molecule has 18 heavy (non-hydrogen) atoms. The topological polar surface area (TPSA) is 74.2 Å². The summed E-state index contributed by atoms with van der Waals surface area (Å²) in [7, 11) is 1.63. The third-order valence-electron chi connectivity index (χ3n) is 2.71. The molecule has 5 nitrogen and oxygen atoms in total. The zero-order chi connectivity index (χ0) is 13.0. The van der Waals surface area contributed by atoms with Gasteiger partial charge in [-0.1, -0.05) is 18.5 Å². The molecule has 1 heterocycles. The highest BCUT2D eigenvalue weighted by Gasteiger charge is 2.14. The average Bonchev–Trinajstić information content (AvgIpc) is 2.89. The highest BCUT2D eigenvalue weighted by molar-refractivity contribution is 5.54. The van der Waals surface area contributed by atoms with E-state index in [2.05, 4.69) is 17.1 Å². The van der Waals surface area contributed by atoms with Crippen LogP contribution >= 0.6 is 0 Å². The fourth-order valence-corrected chi connectivity index (χ4v) is 1.68. The Kier molecular flexibility index (Phi) is 3.94. The lowest BCUT2D eigenvalue weighted by atomic mass is 10.2. The molecule has 5 heteroatoms. The Morgan fingerprint density at radius 2 is 2.06 bits per heavy atom. The van der Waals surface area contributed by atoms with Crippen molar-refractivity contribution in [3.63, 3.8) is 0 Å². The molecule has 0 spiro atoms. The van der Waals surface area contributed by atoms with Crippen LogP contribution in [0.3, 0.4) is 0 Å². The largest absolute Gasteiger partial charge is 0.497 e. The van der Waals surface area contributed by atoms with Gasteiger partial charge < -0.3 is 15.0 Å². The summed E-state index contributed by atoms with van der Waals surface area (Å²) < 4.78 is 10.3. The third kappa shape index (κ3) is 2.68. The first kappa shape index (κ1) is 12.6. The number of nitrogens with two attached hydrogens (primary N) is 1. The predicted molar refractivity (Wildman–Crippen MR) is 68.1 cm³/mol. The van der Waals surface area contributed by atoms with Gasteiger partial charge in [0.15, 0.2) is 5.82 Å². The zero-order valence-electron chi connectivity index (χ0n) is 10.6. The summed E-state index contributed by atoms with van der Waals surface area (Å²) in [6.45, 7) is 2.07. The molecule has 2 aromatic rings. The van der Waals surface area contributed by atoms with Crippen LogP contribution < -0.4 is 10.5 Å². The van der Waals surface area contributed by atoms with Crippen molar-refractivity contribution in [2.45, 2.75) is 25.8 Å². The number of benzene rings is 1. The van der Waals surface area contributed by atoms with Crippen LogP contribution in [-0.2, 0) is 0 Å². The van der Waals surface area contributed by atoms with Gasteiger partial charge in [-0.2, -0.15) is 4.98 Å². The number of rotatable bonds is 5. The molecule has 2 rings (SSSR count). The predicted octanol–water partition coefficient (Wildman–Crippen LogP) is 2.55. The Morgan fingerprint density at radius 1 is 1.33 bits per heavy atom. The van der Waals surface area contributed by atoms with E-state index in [1.165, 1.54) is 0 Å². The maximum atomic E-state index is 5.94. The van der Waals surface area contributed by atoms with E-state index < -0.39 is 0 Å². The Labute approximate surface area is 106 Å². The number of aromatic nitrogens is 2. The minimum Gasteiger partial charge on any atom is -0.497 e. The Balaban J connectivity index is 2.18. The van der Waals surface area contributed by atoms with Crippen LogP contribution in [0.25, 0.3) is 11.5 Å². The number of hydrogen-bond acceptors (Lipinski definition) is 5. The van der Waals surface area contributed by atoms with Gasteiger partial charge >= 0.3 is 0 Å². The minimum atomic E-state index is -0.161. The highest BCUT2D eigenvalue weighted by atomic mass is 16.5. The summed E-state index contributed by atoms with van der Waals surface area (Å²) in [5.74, 6) is 1.84. The van der Waals surface area contributed by atoms with E-state index in [0.717, 1.165) is 24.2 Å². The number of ether oxygens (including phenoxy) is 1. The second-order valence-electron chi connectivity index (χ2n) is 4.08. The molecule has 1 atom stereocenters. The Hall–Kier alpha value is -1.88. The molecule has 2 N–H and O–H groups in total. The summed E-state index contributed by atoms with van der Waals surface area (Å²) in [6.07, 6.45) is 1.84. The van der Waals surface area contributed by atoms with Gasteiger partial charge in [-0.25, -0.2) is 0 Å². The van der Waals surface area contributed by atoms with E-state index in [1.807, 2.05) is 24.3 Å². The second-order valence-corrected chi connectivity index (χ2v) is 4.08. The first-order valence-corrected chi connectivity index (χ1v) is 5.98. The van der Waals surface area contributed by atoms with Crippen molar-refractivity contribution in [3.05, 3.63) is 30.1 Å². The van der Waals surface area contributed by atoms with E-state index in [9.17, 15) is 0 Å². The SMILES string of the molecule is CCCC(N)c1noc(-c2ccc(OC)cc2)n1. The first-order chi connectivity index (χ1) is 8.74. The molecule has 0 radical (unpaired) electrons. The van der Waals surface area contributed by atoms with E-state index in [-0.39, 0.29) is 6.04 Å². The third-order valence-corrected chi connectivity index (χ3v) is 2.71. The van der Waals surface area contributed by atoms with Crippen LogP contribution in [0.2, 0.25) is 0 Å². The summed E-state index contributed by atoms with van der Waals surface area (Å²) >= 11 is 0. The molecule has 1 unspecified atom stereocenters. The number of nitrogens with zero attached hydrogens (tertiary/aromatic N) is 2. The van der Waals surface area contributed by atoms with Gasteiger partial charge in [-0.3, -0.25) is 0 Å². The monoisotopic (exact) mass is 247 g/mol. The second kappa shape index (κ2) is 5.64. The fraction of sp³-hybridized carbons (Fsp3) is 0.385. The summed E-state index contributed by atoms with van der Waals surface area (Å²) in [5.41, 5.74) is 6.80. The lowest BCUT2D eigenvalue weighted by Crippen LogP contribution is -2.11. The molecule has 96 valence electrons. The summed E-state index contributed by atoms with van der Waals surface area (Å²) in [6, 6.07) is 7.30. The molecular formula is C13H17N3O2. The molecule has 1 aromatic carbocycles. The van der Waals surface area contributed by atoms with Gasteiger partial charge in [0, 0.05) is 5.56 Å². The molecule has 0 aliphatic heterocycles. The van der Waals surface area contributed by atoms with Crippen molar-refractivity contribution in [3.8, 4) is 17.2 Å². The van der Waals surface area contributed by atoms with Crippen molar-refractivity contribution in [1.29, 1.82) is 0 Å². The van der Waals surface area contributed by atoms with E-state index >= 15 is 0 Å². The normalized spacial score (nSPS) is 12.4. The Bertz CT molecular complexity index is 493. The average molecular weight is 247 g/mol. The molecule has 0 bridgehead atoms. The van der Waals surface area contributed by atoms with Crippen molar-refractivity contribution < 1.29 is 9.26 Å². The van der Waals surface area contributed by atoms with Gasteiger partial charge in [0.1, 0.15) is 5.75 Å². The molecule has 1 aromatic heterocycles. The van der Waals surface area contributed by atoms with Crippen LogP contribution in [0.5, 0.6) is 5.75 Å². The van der Waals surface area contributed by atoms with E-state index in [1.54, 1.807) is 7.11 Å². The molecule has 0 fully saturated rings.